The molecule has 3 aliphatic heterocycles. The number of carbonyl (C=O) groups excluding carboxylic acids is 1. The summed E-state index contributed by atoms with van der Waals surface area (Å²) in [4.78, 5) is 15.0. The topological polar surface area (TPSA) is 72.8 Å². The van der Waals surface area contributed by atoms with E-state index in [1.54, 1.807) is 11.8 Å². The van der Waals surface area contributed by atoms with E-state index >= 15 is 0 Å². The van der Waals surface area contributed by atoms with Crippen molar-refractivity contribution in [3.05, 3.63) is 29.8 Å². The van der Waals surface area contributed by atoms with Crippen LogP contribution in [-0.4, -0.2) is 48.0 Å². The minimum atomic E-state index is -0.517. The van der Waals surface area contributed by atoms with Crippen molar-refractivity contribution in [2.75, 3.05) is 18.6 Å². The molecule has 0 radical (unpaired) electrons. The number of hydrogen-bond acceptors (Lipinski definition) is 4. The maximum atomic E-state index is 13.2. The molecule has 1 spiro atoms. The molecular formula is C19H26N2O3. The lowest BCUT2D eigenvalue weighted by Gasteiger charge is -2.38. The minimum Gasteiger partial charge on any atom is -0.396 e. The van der Waals surface area contributed by atoms with Crippen molar-refractivity contribution in [3.8, 4) is 0 Å². The Morgan fingerprint density at radius 2 is 2.17 bits per heavy atom. The Bertz CT molecular complexity index is 662. The summed E-state index contributed by atoms with van der Waals surface area (Å²) in [6, 6.07) is 8.28. The molecule has 24 heavy (non-hydrogen) atoms. The lowest BCUT2D eigenvalue weighted by Crippen LogP contribution is -2.52. The molecule has 3 heterocycles. The van der Waals surface area contributed by atoms with Crippen LogP contribution in [0.5, 0.6) is 0 Å². The number of amides is 1. The van der Waals surface area contributed by atoms with Crippen LogP contribution in [0.1, 0.15) is 31.7 Å². The van der Waals surface area contributed by atoms with E-state index in [9.17, 15) is 15.0 Å². The maximum Gasteiger partial charge on any atom is 0.239 e. The predicted molar refractivity (Wildman–Crippen MR) is 91.8 cm³/mol. The number of anilines is 1. The molecule has 1 unspecified atom stereocenters. The van der Waals surface area contributed by atoms with Gasteiger partial charge >= 0.3 is 0 Å². The van der Waals surface area contributed by atoms with Crippen LogP contribution in [0, 0.1) is 11.8 Å². The van der Waals surface area contributed by atoms with Gasteiger partial charge in [-0.05, 0) is 43.7 Å². The molecule has 5 nitrogen and oxygen atoms in total. The molecule has 130 valence electrons. The van der Waals surface area contributed by atoms with E-state index in [-0.39, 0.29) is 42.5 Å². The quantitative estimate of drug-likeness (QED) is 0.774. The van der Waals surface area contributed by atoms with Gasteiger partial charge in [0.15, 0.2) is 0 Å². The first-order valence-electron chi connectivity index (χ1n) is 8.91. The Labute approximate surface area is 142 Å². The summed E-state index contributed by atoms with van der Waals surface area (Å²) in [5.74, 6) is 0.510. The van der Waals surface area contributed by atoms with Crippen LogP contribution < -0.4 is 10.2 Å². The fourth-order valence-corrected chi connectivity index (χ4v) is 5.49. The highest BCUT2D eigenvalue weighted by molar-refractivity contribution is 6.08. The zero-order chi connectivity index (χ0) is 17.1. The number of fused-ring (bicyclic) bond motifs is 5. The van der Waals surface area contributed by atoms with Gasteiger partial charge in [0.25, 0.3) is 0 Å². The van der Waals surface area contributed by atoms with Gasteiger partial charge in [-0.3, -0.25) is 4.79 Å². The van der Waals surface area contributed by atoms with Crippen LogP contribution in [-0.2, 0) is 10.2 Å². The van der Waals surface area contributed by atoms with Gasteiger partial charge in [0, 0.05) is 37.3 Å². The molecule has 2 bridgehead atoms. The third kappa shape index (κ3) is 2.01. The van der Waals surface area contributed by atoms with Crippen molar-refractivity contribution in [2.24, 2.45) is 11.8 Å². The van der Waals surface area contributed by atoms with E-state index in [4.69, 9.17) is 0 Å². The first-order chi connectivity index (χ1) is 11.5. The van der Waals surface area contributed by atoms with Gasteiger partial charge < -0.3 is 20.4 Å². The standard InChI is InChI=1S/C19H26N2O3/c1-11(23)7-12-8-17-19(9-15(20-17)13(12)10-22)14-5-3-4-6-16(14)21(2)18(19)24/h3-6,11-13,15,17,20,22-23H,7-10H2,1-2H3/t11?,12-,13-,15+,17+,19+/m1/s1. The van der Waals surface area contributed by atoms with E-state index in [1.807, 2.05) is 25.2 Å². The molecule has 0 saturated carbocycles. The van der Waals surface area contributed by atoms with Crippen LogP contribution in [0.2, 0.25) is 0 Å². The summed E-state index contributed by atoms with van der Waals surface area (Å²) in [5, 5.41) is 23.4. The Balaban J connectivity index is 1.76. The molecule has 2 fully saturated rings. The molecule has 3 aliphatic rings. The molecule has 4 rings (SSSR count). The summed E-state index contributed by atoms with van der Waals surface area (Å²) >= 11 is 0. The third-order valence-corrected chi connectivity index (χ3v) is 6.50. The number of hydrogen-bond donors (Lipinski definition) is 3. The van der Waals surface area contributed by atoms with Gasteiger partial charge in [-0.1, -0.05) is 18.2 Å². The second-order valence-electron chi connectivity index (χ2n) is 7.81. The molecule has 2 saturated heterocycles. The van der Waals surface area contributed by atoms with Gasteiger partial charge in [-0.2, -0.15) is 0 Å². The number of likely N-dealkylation sites (N-methyl/N-ethyl adjacent to an activating group) is 1. The van der Waals surface area contributed by atoms with Crippen molar-refractivity contribution in [3.63, 3.8) is 0 Å². The number of aliphatic hydroxyl groups is 2. The number of nitrogens with one attached hydrogen (secondary N) is 1. The number of benzene rings is 1. The fraction of sp³-hybridized carbons (Fsp3) is 0.632. The van der Waals surface area contributed by atoms with E-state index in [0.717, 1.165) is 24.1 Å². The van der Waals surface area contributed by atoms with Gasteiger partial charge in [0.2, 0.25) is 5.91 Å². The monoisotopic (exact) mass is 330 g/mol. The molecule has 6 atom stereocenters. The summed E-state index contributed by atoms with van der Waals surface area (Å²) in [7, 11) is 1.86. The lowest BCUT2D eigenvalue weighted by molar-refractivity contribution is -0.123. The average Bonchev–Trinajstić information content (AvgIpc) is 2.97. The Hall–Kier alpha value is -1.43. The number of nitrogens with zero attached hydrogens (tertiary/aromatic N) is 1. The normalized spacial score (nSPS) is 38.7. The number of para-hydroxylation sites is 1. The molecule has 1 amide bonds. The first-order valence-corrected chi connectivity index (χ1v) is 8.91. The zero-order valence-corrected chi connectivity index (χ0v) is 14.3. The smallest absolute Gasteiger partial charge is 0.239 e. The SMILES string of the molecule is CC(O)C[C@@H]1C[C@@H]2N[C@@H](C[C@@]23C(=O)N(C)c2ccccc23)[C@@H]1CO. The maximum absolute atomic E-state index is 13.2. The van der Waals surface area contributed by atoms with Crippen LogP contribution in [0.25, 0.3) is 0 Å². The fourth-order valence-electron chi connectivity index (χ4n) is 5.49. The zero-order valence-electron chi connectivity index (χ0n) is 14.3. The number of piperidine rings is 1. The molecule has 0 aliphatic carbocycles. The largest absolute Gasteiger partial charge is 0.396 e. The molecular weight excluding hydrogens is 304 g/mol. The second kappa shape index (κ2) is 5.55. The van der Waals surface area contributed by atoms with Gasteiger partial charge in [0.05, 0.1) is 11.5 Å². The molecule has 0 aromatic heterocycles. The summed E-state index contributed by atoms with van der Waals surface area (Å²) < 4.78 is 0. The van der Waals surface area contributed by atoms with Crippen molar-refractivity contribution < 1.29 is 15.0 Å². The van der Waals surface area contributed by atoms with E-state index in [1.165, 1.54) is 0 Å². The Morgan fingerprint density at radius 1 is 1.42 bits per heavy atom. The third-order valence-electron chi connectivity index (χ3n) is 6.50. The van der Waals surface area contributed by atoms with Crippen molar-refractivity contribution in [2.45, 2.75) is 49.8 Å². The summed E-state index contributed by atoms with van der Waals surface area (Å²) in [5.41, 5.74) is 1.60. The number of carbonyl (C=O) groups is 1. The number of aliphatic hydroxyl groups excluding tert-OH is 2. The average molecular weight is 330 g/mol. The van der Waals surface area contributed by atoms with Crippen LogP contribution in [0.15, 0.2) is 24.3 Å². The van der Waals surface area contributed by atoms with Gasteiger partial charge in [0.1, 0.15) is 0 Å². The summed E-state index contributed by atoms with van der Waals surface area (Å²) in [6.45, 7) is 1.90. The Morgan fingerprint density at radius 3 is 2.88 bits per heavy atom. The molecule has 1 aromatic carbocycles. The minimum absolute atomic E-state index is 0.0765. The molecule has 5 heteroatoms. The lowest BCUT2D eigenvalue weighted by atomic mass is 9.73. The van der Waals surface area contributed by atoms with Crippen molar-refractivity contribution in [1.82, 2.24) is 5.32 Å². The van der Waals surface area contributed by atoms with Crippen LogP contribution in [0.3, 0.4) is 0 Å². The number of rotatable bonds is 3. The van der Waals surface area contributed by atoms with Crippen LogP contribution in [0.4, 0.5) is 5.69 Å². The van der Waals surface area contributed by atoms with E-state index in [2.05, 4.69) is 11.4 Å². The van der Waals surface area contributed by atoms with Gasteiger partial charge in [-0.15, -0.1) is 0 Å². The molecule has 3 N–H and O–H groups in total. The van der Waals surface area contributed by atoms with Gasteiger partial charge in [-0.25, -0.2) is 0 Å². The highest BCUT2D eigenvalue weighted by Gasteiger charge is 2.62. The Kier molecular flexibility index (Phi) is 3.71. The highest BCUT2D eigenvalue weighted by atomic mass is 16.3. The van der Waals surface area contributed by atoms with E-state index in [0.29, 0.717) is 6.42 Å². The molecule has 1 aromatic rings. The summed E-state index contributed by atoms with van der Waals surface area (Å²) in [6.07, 6.45) is 1.86. The van der Waals surface area contributed by atoms with Crippen LogP contribution >= 0.6 is 0 Å². The van der Waals surface area contributed by atoms with Crippen molar-refractivity contribution >= 4 is 11.6 Å². The second-order valence-corrected chi connectivity index (χ2v) is 7.81. The van der Waals surface area contributed by atoms with E-state index < -0.39 is 5.41 Å². The first kappa shape index (κ1) is 16.1. The predicted octanol–water partition coefficient (Wildman–Crippen LogP) is 1.03. The highest BCUT2D eigenvalue weighted by Crippen LogP contribution is 2.54. The van der Waals surface area contributed by atoms with Crippen molar-refractivity contribution in [1.29, 1.82) is 0 Å².